The number of carbonyl (C=O) groups excluding carboxylic acids is 2. The number of methoxy groups -OCH3 is 1. The molecule has 0 saturated heterocycles. The monoisotopic (exact) mass is 407 g/mol. The summed E-state index contributed by atoms with van der Waals surface area (Å²) in [7, 11) is -1.53. The van der Waals surface area contributed by atoms with E-state index in [2.05, 4.69) is 0 Å². The number of sulfone groups is 1. The maximum Gasteiger partial charge on any atom is 0.338 e. The highest BCUT2D eigenvalue weighted by atomic mass is 32.2. The standard InChI is InChI=1S/C20H25NO6S/c1-14-11-18(15(2)21(14)9-10-26-3)19(22)12-27-20(23)17-7-5-16(6-8-17)13-28(4,24)25/h5-8,11H,9-10,12-13H2,1-4H3. The summed E-state index contributed by atoms with van der Waals surface area (Å²) in [6, 6.07) is 7.88. The number of nitrogens with zero attached hydrogens (tertiary/aromatic N) is 1. The molecule has 0 aliphatic heterocycles. The number of esters is 1. The average molecular weight is 407 g/mol. The second-order valence-corrected chi connectivity index (χ2v) is 8.84. The highest BCUT2D eigenvalue weighted by molar-refractivity contribution is 7.89. The summed E-state index contributed by atoms with van der Waals surface area (Å²) in [5.74, 6) is -1.01. The van der Waals surface area contributed by atoms with Crippen molar-refractivity contribution in [1.29, 1.82) is 0 Å². The summed E-state index contributed by atoms with van der Waals surface area (Å²) in [5.41, 5.74) is 3.10. The van der Waals surface area contributed by atoms with Crippen LogP contribution in [0.15, 0.2) is 30.3 Å². The zero-order chi connectivity index (χ0) is 20.9. The quantitative estimate of drug-likeness (QED) is 0.468. The summed E-state index contributed by atoms with van der Waals surface area (Å²) in [6.07, 6.45) is 1.15. The van der Waals surface area contributed by atoms with Crippen LogP contribution in [0.5, 0.6) is 0 Å². The van der Waals surface area contributed by atoms with Crippen molar-refractivity contribution in [2.75, 3.05) is 26.6 Å². The van der Waals surface area contributed by atoms with E-state index in [1.54, 1.807) is 25.3 Å². The van der Waals surface area contributed by atoms with Crippen molar-refractivity contribution in [2.45, 2.75) is 26.1 Å². The van der Waals surface area contributed by atoms with Crippen LogP contribution >= 0.6 is 0 Å². The van der Waals surface area contributed by atoms with Gasteiger partial charge >= 0.3 is 5.97 Å². The molecule has 0 atom stereocenters. The predicted molar refractivity (Wildman–Crippen MR) is 105 cm³/mol. The van der Waals surface area contributed by atoms with E-state index >= 15 is 0 Å². The third kappa shape index (κ3) is 5.77. The molecule has 0 amide bonds. The zero-order valence-corrected chi connectivity index (χ0v) is 17.3. The normalized spacial score (nSPS) is 11.4. The van der Waals surface area contributed by atoms with Gasteiger partial charge in [-0.1, -0.05) is 12.1 Å². The van der Waals surface area contributed by atoms with E-state index in [-0.39, 0.29) is 23.7 Å². The molecule has 0 spiro atoms. The Morgan fingerprint density at radius 1 is 1.11 bits per heavy atom. The number of aryl methyl sites for hydroxylation is 1. The second kappa shape index (κ2) is 9.16. The van der Waals surface area contributed by atoms with Gasteiger partial charge < -0.3 is 14.0 Å². The first-order chi connectivity index (χ1) is 13.1. The number of rotatable bonds is 9. The van der Waals surface area contributed by atoms with Gasteiger partial charge in [-0.2, -0.15) is 0 Å². The first kappa shape index (κ1) is 21.8. The number of Topliss-reactive ketones (excluding diaryl/α,β-unsaturated/α-hetero) is 1. The van der Waals surface area contributed by atoms with Crippen molar-refractivity contribution in [1.82, 2.24) is 4.57 Å². The van der Waals surface area contributed by atoms with E-state index in [1.807, 2.05) is 18.4 Å². The van der Waals surface area contributed by atoms with Crippen LogP contribution in [0, 0.1) is 13.8 Å². The first-order valence-electron chi connectivity index (χ1n) is 8.75. The lowest BCUT2D eigenvalue weighted by Crippen LogP contribution is -2.15. The molecule has 1 aromatic heterocycles. The molecule has 0 fully saturated rings. The largest absolute Gasteiger partial charge is 0.454 e. The molecule has 1 heterocycles. The van der Waals surface area contributed by atoms with Crippen LogP contribution in [0.25, 0.3) is 0 Å². The molecular formula is C20H25NO6S. The molecule has 7 nitrogen and oxygen atoms in total. The third-order valence-electron chi connectivity index (χ3n) is 4.35. The van der Waals surface area contributed by atoms with Crippen LogP contribution in [-0.4, -0.2) is 51.3 Å². The Morgan fingerprint density at radius 2 is 1.75 bits per heavy atom. The molecule has 0 N–H and O–H groups in total. The fraction of sp³-hybridized carbons (Fsp3) is 0.400. The van der Waals surface area contributed by atoms with Gasteiger partial charge in [-0.05, 0) is 37.6 Å². The van der Waals surface area contributed by atoms with Gasteiger partial charge in [0.1, 0.15) is 0 Å². The van der Waals surface area contributed by atoms with Crippen LogP contribution in [0.4, 0.5) is 0 Å². The minimum Gasteiger partial charge on any atom is -0.454 e. The minimum atomic E-state index is -3.14. The lowest BCUT2D eigenvalue weighted by atomic mass is 10.1. The first-order valence-corrected chi connectivity index (χ1v) is 10.8. The van der Waals surface area contributed by atoms with Crippen LogP contribution in [-0.2, 0) is 31.6 Å². The van der Waals surface area contributed by atoms with E-state index in [9.17, 15) is 18.0 Å². The fourth-order valence-electron chi connectivity index (χ4n) is 2.94. The summed E-state index contributed by atoms with van der Waals surface area (Å²) >= 11 is 0. The Labute approximate surface area is 165 Å². The van der Waals surface area contributed by atoms with Crippen LogP contribution in [0.1, 0.15) is 37.7 Å². The highest BCUT2D eigenvalue weighted by Gasteiger charge is 2.18. The number of aromatic nitrogens is 1. The Balaban J connectivity index is 2.00. The molecule has 0 aliphatic carbocycles. The number of carbonyl (C=O) groups is 2. The average Bonchev–Trinajstić information content (AvgIpc) is 2.91. The smallest absolute Gasteiger partial charge is 0.338 e. The van der Waals surface area contributed by atoms with E-state index < -0.39 is 15.8 Å². The van der Waals surface area contributed by atoms with Crippen molar-refractivity contribution in [3.63, 3.8) is 0 Å². The van der Waals surface area contributed by atoms with Gasteiger partial charge in [-0.3, -0.25) is 4.79 Å². The van der Waals surface area contributed by atoms with E-state index in [4.69, 9.17) is 9.47 Å². The number of benzene rings is 1. The van der Waals surface area contributed by atoms with Gasteiger partial charge in [0.2, 0.25) is 5.78 Å². The van der Waals surface area contributed by atoms with Crippen molar-refractivity contribution < 1.29 is 27.5 Å². The SMILES string of the molecule is COCCn1c(C)cc(C(=O)COC(=O)c2ccc(CS(C)(=O)=O)cc2)c1C. The topological polar surface area (TPSA) is 91.7 Å². The van der Waals surface area contributed by atoms with Crippen LogP contribution < -0.4 is 0 Å². The van der Waals surface area contributed by atoms with Crippen LogP contribution in [0.3, 0.4) is 0 Å². The van der Waals surface area contributed by atoms with Crippen molar-refractivity contribution in [2.24, 2.45) is 0 Å². The number of hydrogen-bond donors (Lipinski definition) is 0. The van der Waals surface area contributed by atoms with Gasteiger partial charge in [0.15, 0.2) is 16.4 Å². The maximum atomic E-state index is 12.5. The van der Waals surface area contributed by atoms with E-state index in [0.29, 0.717) is 24.3 Å². The van der Waals surface area contributed by atoms with Gasteiger partial charge in [0.25, 0.3) is 0 Å². The van der Waals surface area contributed by atoms with Crippen LogP contribution in [0.2, 0.25) is 0 Å². The molecule has 2 aromatic rings. The van der Waals surface area contributed by atoms with E-state index in [0.717, 1.165) is 17.6 Å². The number of hydrogen-bond acceptors (Lipinski definition) is 6. The summed E-state index contributed by atoms with van der Waals surface area (Å²) < 4.78 is 34.8. The molecule has 2 rings (SSSR count). The maximum absolute atomic E-state index is 12.5. The molecule has 0 radical (unpaired) electrons. The lowest BCUT2D eigenvalue weighted by Gasteiger charge is -2.09. The molecule has 0 aliphatic rings. The lowest BCUT2D eigenvalue weighted by molar-refractivity contribution is 0.0474. The molecule has 0 unspecified atom stereocenters. The fourth-order valence-corrected chi connectivity index (χ4v) is 3.74. The molecule has 8 heteroatoms. The molecule has 0 bridgehead atoms. The minimum absolute atomic E-state index is 0.0977. The van der Waals surface area contributed by atoms with Crippen molar-refractivity contribution >= 4 is 21.6 Å². The number of ketones is 1. The Hall–Kier alpha value is -2.45. The molecule has 0 saturated carbocycles. The molecule has 1 aromatic carbocycles. The van der Waals surface area contributed by atoms with Gasteiger partial charge in [0, 0.05) is 36.9 Å². The highest BCUT2D eigenvalue weighted by Crippen LogP contribution is 2.16. The summed E-state index contributed by atoms with van der Waals surface area (Å²) in [5, 5.41) is 0. The van der Waals surface area contributed by atoms with Crippen molar-refractivity contribution in [3.8, 4) is 0 Å². The predicted octanol–water partition coefficient (Wildman–Crippen LogP) is 2.34. The van der Waals surface area contributed by atoms with Crippen molar-refractivity contribution in [3.05, 3.63) is 58.4 Å². The number of ether oxygens (including phenoxy) is 2. The zero-order valence-electron chi connectivity index (χ0n) is 16.5. The summed E-state index contributed by atoms with van der Waals surface area (Å²) in [6.45, 7) is 4.57. The van der Waals surface area contributed by atoms with Gasteiger partial charge in [-0.25, -0.2) is 13.2 Å². The summed E-state index contributed by atoms with van der Waals surface area (Å²) in [4.78, 5) is 24.6. The van der Waals surface area contributed by atoms with E-state index in [1.165, 1.54) is 12.1 Å². The molecule has 28 heavy (non-hydrogen) atoms. The Bertz CT molecular complexity index is 957. The Kier molecular flexibility index (Phi) is 7.15. The Morgan fingerprint density at radius 3 is 2.32 bits per heavy atom. The second-order valence-electron chi connectivity index (χ2n) is 6.70. The molecular weight excluding hydrogens is 382 g/mol. The molecule has 152 valence electrons. The third-order valence-corrected chi connectivity index (χ3v) is 5.20. The van der Waals surface area contributed by atoms with Gasteiger partial charge in [-0.15, -0.1) is 0 Å². The van der Waals surface area contributed by atoms with Gasteiger partial charge in [0.05, 0.1) is 17.9 Å².